The summed E-state index contributed by atoms with van der Waals surface area (Å²) in [5, 5.41) is 14.8. The predicted molar refractivity (Wildman–Crippen MR) is 109 cm³/mol. The maximum Gasteiger partial charge on any atom is 0.471 e. The molecule has 8 nitrogen and oxygen atoms in total. The Morgan fingerprint density at radius 1 is 1.24 bits per heavy atom. The summed E-state index contributed by atoms with van der Waals surface area (Å²) in [6.45, 7) is 7.29. The molecule has 1 aliphatic carbocycles. The molecule has 0 bridgehead atoms. The van der Waals surface area contributed by atoms with Crippen molar-refractivity contribution in [2.24, 2.45) is 5.41 Å². The van der Waals surface area contributed by atoms with Gasteiger partial charge in [0.25, 0.3) is 5.91 Å². The number of alkyl halides is 3. The smallest absolute Gasteiger partial charge is 0.471 e. The molecule has 2 aromatic rings. The zero-order valence-electron chi connectivity index (χ0n) is 18.5. The van der Waals surface area contributed by atoms with E-state index in [4.69, 9.17) is 9.90 Å². The van der Waals surface area contributed by atoms with E-state index in [0.717, 1.165) is 32.5 Å². The number of hydrogen-bond donors (Lipinski definition) is 2. The molecule has 0 radical (unpaired) electrons. The molecule has 2 aliphatic rings. The van der Waals surface area contributed by atoms with E-state index < -0.39 is 18.5 Å². The predicted octanol–water partition coefficient (Wildman–Crippen LogP) is 1.09. The number of piperidine rings is 1. The van der Waals surface area contributed by atoms with Crippen molar-refractivity contribution in [2.45, 2.75) is 51.2 Å². The van der Waals surface area contributed by atoms with E-state index in [2.05, 4.69) is 33.8 Å². The number of amides is 1. The number of hydrogen-bond acceptors (Lipinski definition) is 6. The van der Waals surface area contributed by atoms with Crippen LogP contribution in [-0.4, -0.2) is 47.7 Å². The Hall–Kier alpha value is -2.95. The number of nitrogens with one attached hydrogen (secondary N) is 2. The molecule has 1 aromatic carbocycles. The van der Waals surface area contributed by atoms with Crippen LogP contribution in [0.1, 0.15) is 55.8 Å². The van der Waals surface area contributed by atoms with Gasteiger partial charge >= 0.3 is 12.1 Å². The largest absolute Gasteiger partial charge is 0.554 e. The number of halogens is 3. The fraction of sp³-hybridized carbons (Fsp3) is 0.545. The lowest BCUT2D eigenvalue weighted by atomic mass is 9.84. The number of aromatic nitrogens is 2. The van der Waals surface area contributed by atoms with Crippen LogP contribution in [0.25, 0.3) is 11.4 Å². The summed E-state index contributed by atoms with van der Waals surface area (Å²) in [7, 11) is 0. The molecule has 33 heavy (non-hydrogen) atoms. The standard InChI is InChI=1S/C21H25F3N4O2.CH2O2/c1-19(2)8-3-11-28(12-19)13-20(9-10-20)26-17(29)15-6-4-14(5-7-15)16-25-18(30-27-16)21(22,23)24;2-1-3/h4-7H,3,8-13H2,1-2H3,(H,26,29);1H,(H,2,3). The Morgan fingerprint density at radius 2 is 1.88 bits per heavy atom. The lowest BCUT2D eigenvalue weighted by Gasteiger charge is -2.37. The van der Waals surface area contributed by atoms with E-state index in [9.17, 15) is 18.0 Å². The Morgan fingerprint density at radius 3 is 2.39 bits per heavy atom. The van der Waals surface area contributed by atoms with Gasteiger partial charge in [0.05, 0.1) is 18.6 Å². The summed E-state index contributed by atoms with van der Waals surface area (Å²) >= 11 is 0. The summed E-state index contributed by atoms with van der Waals surface area (Å²) in [5.41, 5.74) is 1.00. The second-order valence-corrected chi connectivity index (χ2v) is 9.45. The van der Waals surface area contributed by atoms with Gasteiger partial charge in [0.15, 0.2) is 0 Å². The fourth-order valence-electron chi connectivity index (χ4n) is 4.34. The quantitative estimate of drug-likeness (QED) is 0.636. The van der Waals surface area contributed by atoms with E-state index in [1.807, 2.05) is 0 Å². The Balaban J connectivity index is 0.000000968. The van der Waals surface area contributed by atoms with Crippen LogP contribution >= 0.6 is 0 Å². The number of likely N-dealkylation sites (tertiary alicyclic amines) is 1. The molecule has 180 valence electrons. The van der Waals surface area contributed by atoms with Crippen LogP contribution in [0.15, 0.2) is 28.8 Å². The third kappa shape index (κ3) is 6.53. The zero-order chi connectivity index (χ0) is 24.3. The highest BCUT2D eigenvalue weighted by atomic mass is 19.4. The average molecular weight is 468 g/mol. The number of benzene rings is 1. The van der Waals surface area contributed by atoms with Crippen molar-refractivity contribution in [3.63, 3.8) is 0 Å². The van der Waals surface area contributed by atoms with Crippen LogP contribution in [0, 0.1) is 5.41 Å². The van der Waals surface area contributed by atoms with E-state index in [0.29, 0.717) is 16.5 Å². The average Bonchev–Trinajstić information content (AvgIpc) is 3.26. The molecule has 11 heteroatoms. The first-order chi connectivity index (χ1) is 15.5. The fourth-order valence-corrected chi connectivity index (χ4v) is 4.34. The van der Waals surface area contributed by atoms with Crippen LogP contribution in [0.2, 0.25) is 0 Å². The molecule has 1 aromatic heterocycles. The van der Waals surface area contributed by atoms with Crippen LogP contribution in [0.4, 0.5) is 13.2 Å². The second-order valence-electron chi connectivity index (χ2n) is 9.45. The molecule has 2 fully saturated rings. The van der Waals surface area contributed by atoms with Gasteiger partial charge in [-0.15, -0.1) is 0 Å². The van der Waals surface area contributed by atoms with Crippen LogP contribution in [0.5, 0.6) is 0 Å². The highest BCUT2D eigenvalue weighted by Crippen LogP contribution is 2.35. The number of carbonyl (C=O) groups is 2. The highest BCUT2D eigenvalue weighted by Gasteiger charge is 2.48. The van der Waals surface area contributed by atoms with Crippen molar-refractivity contribution in [3.05, 3.63) is 35.7 Å². The molecule has 2 heterocycles. The number of nitrogens with zero attached hydrogens (tertiary/aromatic N) is 2. The van der Waals surface area contributed by atoms with Gasteiger partial charge in [-0.3, -0.25) is 4.79 Å². The highest BCUT2D eigenvalue weighted by molar-refractivity contribution is 5.95. The lowest BCUT2D eigenvalue weighted by Crippen LogP contribution is -3.15. The number of rotatable bonds is 5. The van der Waals surface area contributed by atoms with Crippen LogP contribution < -0.4 is 15.3 Å². The third-order valence-electron chi connectivity index (χ3n) is 6.01. The number of carbonyl (C=O) groups excluding carboxylic acids is 2. The molecular formula is C22H27F3N4O4. The first-order valence-electron chi connectivity index (χ1n) is 10.7. The Kier molecular flexibility index (Phi) is 7.11. The van der Waals surface area contributed by atoms with Crippen LogP contribution in [-0.2, 0) is 11.0 Å². The first kappa shape index (κ1) is 24.7. The summed E-state index contributed by atoms with van der Waals surface area (Å²) in [6.07, 6.45) is -0.282. The van der Waals surface area contributed by atoms with Gasteiger partial charge in [-0.1, -0.05) is 31.1 Å². The molecular weight excluding hydrogens is 441 g/mol. The van der Waals surface area contributed by atoms with Crippen molar-refractivity contribution in [1.82, 2.24) is 15.5 Å². The van der Waals surface area contributed by atoms with Gasteiger partial charge < -0.3 is 24.6 Å². The van der Waals surface area contributed by atoms with Crippen molar-refractivity contribution in [1.29, 1.82) is 0 Å². The maximum absolute atomic E-state index is 12.7. The summed E-state index contributed by atoms with van der Waals surface area (Å²) in [4.78, 5) is 25.9. The van der Waals surface area contributed by atoms with Gasteiger partial charge in [-0.25, -0.2) is 0 Å². The molecule has 1 saturated carbocycles. The van der Waals surface area contributed by atoms with Gasteiger partial charge in [0.1, 0.15) is 6.54 Å². The molecule has 1 atom stereocenters. The molecule has 1 aliphatic heterocycles. The number of carboxylic acid groups (broad SMARTS) is 1. The normalized spacial score (nSPS) is 20.8. The number of quaternary nitrogens is 1. The summed E-state index contributed by atoms with van der Waals surface area (Å²) < 4.78 is 42.1. The minimum absolute atomic E-state index is 0.145. The summed E-state index contributed by atoms with van der Waals surface area (Å²) in [6, 6.07) is 6.19. The first-order valence-corrected chi connectivity index (χ1v) is 10.7. The minimum atomic E-state index is -4.69. The van der Waals surface area contributed by atoms with Crippen molar-refractivity contribution in [3.8, 4) is 11.4 Å². The third-order valence-corrected chi connectivity index (χ3v) is 6.01. The minimum Gasteiger partial charge on any atom is -0.554 e. The van der Waals surface area contributed by atoms with Crippen molar-refractivity contribution in [2.75, 3.05) is 19.6 Å². The van der Waals surface area contributed by atoms with Crippen molar-refractivity contribution >= 4 is 12.4 Å². The van der Waals surface area contributed by atoms with E-state index in [-0.39, 0.29) is 17.3 Å². The van der Waals surface area contributed by atoms with Gasteiger partial charge in [-0.05, 0) is 37.8 Å². The van der Waals surface area contributed by atoms with Gasteiger partial charge in [-0.2, -0.15) is 18.2 Å². The van der Waals surface area contributed by atoms with E-state index >= 15 is 0 Å². The SMILES string of the molecule is CC1(C)CCC[NH+](CC2(NC(=O)c3ccc(-c4noc(C(F)(F)F)n4)cc3)CC2)C1.O=C[O-]. The molecule has 1 saturated heterocycles. The van der Waals surface area contributed by atoms with Crippen LogP contribution in [0.3, 0.4) is 0 Å². The molecule has 1 amide bonds. The summed E-state index contributed by atoms with van der Waals surface area (Å²) in [5.74, 6) is -1.72. The van der Waals surface area contributed by atoms with E-state index in [1.165, 1.54) is 29.9 Å². The zero-order valence-corrected chi connectivity index (χ0v) is 18.5. The molecule has 2 N–H and O–H groups in total. The van der Waals surface area contributed by atoms with Gasteiger partial charge in [0.2, 0.25) is 5.82 Å². The second kappa shape index (κ2) is 9.50. The molecule has 1 unspecified atom stereocenters. The topological polar surface area (TPSA) is 113 Å². The lowest BCUT2D eigenvalue weighted by molar-refractivity contribution is -0.914. The maximum atomic E-state index is 12.7. The van der Waals surface area contributed by atoms with Crippen molar-refractivity contribution < 1.29 is 37.3 Å². The van der Waals surface area contributed by atoms with E-state index in [1.54, 1.807) is 12.1 Å². The van der Waals surface area contributed by atoms with Gasteiger partial charge in [0, 0.05) is 23.0 Å². The Bertz CT molecular complexity index is 969. The molecule has 4 rings (SSSR count). The Labute approximate surface area is 189 Å². The monoisotopic (exact) mass is 468 g/mol. The molecule has 0 spiro atoms.